The fourth-order valence-corrected chi connectivity index (χ4v) is 1.41. The van der Waals surface area contributed by atoms with Crippen LogP contribution in [0, 0.1) is 5.92 Å². The van der Waals surface area contributed by atoms with Gasteiger partial charge in [-0.2, -0.15) is 0 Å². The molecule has 0 aromatic heterocycles. The zero-order valence-electron chi connectivity index (χ0n) is 5.63. The predicted octanol–water partition coefficient (Wildman–Crippen LogP) is 0.736. The summed E-state index contributed by atoms with van der Waals surface area (Å²) in [7, 11) is 0. The molecule has 52 valence electrons. The van der Waals surface area contributed by atoms with Gasteiger partial charge in [0.2, 0.25) is 0 Å². The van der Waals surface area contributed by atoms with E-state index in [1.165, 1.54) is 0 Å². The van der Waals surface area contributed by atoms with Crippen molar-refractivity contribution in [1.82, 2.24) is 0 Å². The van der Waals surface area contributed by atoms with Crippen LogP contribution in [0.2, 0.25) is 0 Å². The lowest BCUT2D eigenvalue weighted by atomic mass is 10.0. The zero-order chi connectivity index (χ0) is 6.85. The second kappa shape index (κ2) is 2.48. The molecule has 2 heteroatoms. The molecule has 0 saturated heterocycles. The lowest BCUT2D eigenvalue weighted by molar-refractivity contribution is -0.123. The highest BCUT2D eigenvalue weighted by atomic mass is 16.3. The highest BCUT2D eigenvalue weighted by Crippen LogP contribution is 2.25. The molecule has 1 rings (SSSR count). The summed E-state index contributed by atoms with van der Waals surface area (Å²) in [4.78, 5) is 10.7. The number of aliphatic hydroxyl groups is 1. The third-order valence-electron chi connectivity index (χ3n) is 2.00. The number of Topliss-reactive ketones (excluding diaryl/α,β-unsaturated/α-hetero) is 1. The lowest BCUT2D eigenvalue weighted by Crippen LogP contribution is -2.19. The van der Waals surface area contributed by atoms with Crippen LogP contribution in [0.4, 0.5) is 0 Å². The molecule has 0 aliphatic heterocycles. The van der Waals surface area contributed by atoms with Crippen molar-refractivity contribution in [2.45, 2.75) is 32.3 Å². The first-order chi connectivity index (χ1) is 4.22. The molecule has 1 aliphatic carbocycles. The summed E-state index contributed by atoms with van der Waals surface area (Å²) in [6.45, 7) is 1.55. The van der Waals surface area contributed by atoms with Crippen LogP contribution in [-0.4, -0.2) is 17.0 Å². The third-order valence-corrected chi connectivity index (χ3v) is 2.00. The second-order valence-electron chi connectivity index (χ2n) is 2.72. The molecule has 0 heterocycles. The number of hydrogen-bond donors (Lipinski definition) is 1. The maximum atomic E-state index is 10.7. The summed E-state index contributed by atoms with van der Waals surface area (Å²) in [6.07, 6.45) is 2.36. The van der Waals surface area contributed by atoms with Crippen LogP contribution < -0.4 is 0 Å². The Kier molecular flexibility index (Phi) is 1.86. The van der Waals surface area contributed by atoms with Crippen molar-refractivity contribution in [2.24, 2.45) is 5.92 Å². The smallest absolute Gasteiger partial charge is 0.135 e. The Hall–Kier alpha value is -0.370. The Morgan fingerprint density at radius 2 is 2.22 bits per heavy atom. The fraction of sp³-hybridized carbons (Fsp3) is 0.857. The van der Waals surface area contributed by atoms with Gasteiger partial charge in [0.05, 0.1) is 6.10 Å². The van der Waals surface area contributed by atoms with E-state index < -0.39 is 0 Å². The van der Waals surface area contributed by atoms with Crippen molar-refractivity contribution < 1.29 is 9.90 Å². The van der Waals surface area contributed by atoms with E-state index in [0.717, 1.165) is 19.3 Å². The first-order valence-corrected chi connectivity index (χ1v) is 3.40. The molecule has 0 aromatic carbocycles. The Balaban J connectivity index is 2.49. The van der Waals surface area contributed by atoms with Gasteiger partial charge < -0.3 is 5.11 Å². The minimum atomic E-state index is -0.345. The number of hydrogen-bond acceptors (Lipinski definition) is 2. The predicted molar refractivity (Wildman–Crippen MR) is 34.0 cm³/mol. The molecular formula is C7H12O2. The maximum absolute atomic E-state index is 10.7. The van der Waals surface area contributed by atoms with Crippen LogP contribution in [0.3, 0.4) is 0 Å². The molecule has 9 heavy (non-hydrogen) atoms. The van der Waals surface area contributed by atoms with E-state index in [4.69, 9.17) is 5.11 Å². The molecule has 1 aliphatic rings. The summed E-state index contributed by atoms with van der Waals surface area (Å²) >= 11 is 0. The third kappa shape index (κ3) is 1.30. The zero-order valence-corrected chi connectivity index (χ0v) is 5.63. The monoisotopic (exact) mass is 128 g/mol. The van der Waals surface area contributed by atoms with Crippen molar-refractivity contribution in [2.75, 3.05) is 0 Å². The number of aliphatic hydroxyl groups excluding tert-OH is 1. The van der Waals surface area contributed by atoms with Crippen LogP contribution in [0.5, 0.6) is 0 Å². The van der Waals surface area contributed by atoms with Gasteiger partial charge in [-0.15, -0.1) is 0 Å². The Labute approximate surface area is 54.9 Å². The van der Waals surface area contributed by atoms with Crippen molar-refractivity contribution in [3.8, 4) is 0 Å². The summed E-state index contributed by atoms with van der Waals surface area (Å²) in [6, 6.07) is 0. The molecule has 1 saturated carbocycles. The van der Waals surface area contributed by atoms with Crippen molar-refractivity contribution in [3.05, 3.63) is 0 Å². The van der Waals surface area contributed by atoms with Gasteiger partial charge in [-0.25, -0.2) is 0 Å². The quantitative estimate of drug-likeness (QED) is 0.565. The van der Waals surface area contributed by atoms with Crippen LogP contribution in [0.1, 0.15) is 26.2 Å². The van der Waals surface area contributed by atoms with E-state index in [2.05, 4.69) is 0 Å². The second-order valence-corrected chi connectivity index (χ2v) is 2.72. The first-order valence-electron chi connectivity index (χ1n) is 3.40. The van der Waals surface area contributed by atoms with E-state index in [0.29, 0.717) is 0 Å². The standard InChI is InChI=1S/C7H12O2/c1-5(8)6-3-2-4-7(6)9/h6-7,9H,2-4H2,1H3/t6-,7?/m0/s1. The largest absolute Gasteiger partial charge is 0.392 e. The van der Waals surface area contributed by atoms with E-state index in [1.807, 2.05) is 0 Å². The molecule has 2 atom stereocenters. The van der Waals surface area contributed by atoms with Crippen molar-refractivity contribution in [1.29, 1.82) is 0 Å². The van der Waals surface area contributed by atoms with E-state index in [1.54, 1.807) is 6.92 Å². The van der Waals surface area contributed by atoms with Gasteiger partial charge in [-0.05, 0) is 19.8 Å². The molecule has 1 N–H and O–H groups in total. The van der Waals surface area contributed by atoms with E-state index in [-0.39, 0.29) is 17.8 Å². The van der Waals surface area contributed by atoms with Crippen molar-refractivity contribution >= 4 is 5.78 Å². The molecule has 1 unspecified atom stereocenters. The average molecular weight is 128 g/mol. The van der Waals surface area contributed by atoms with Crippen LogP contribution in [0.25, 0.3) is 0 Å². The number of rotatable bonds is 1. The highest BCUT2D eigenvalue weighted by Gasteiger charge is 2.28. The minimum absolute atomic E-state index is 0.0509. The fourth-order valence-electron chi connectivity index (χ4n) is 1.41. The van der Waals surface area contributed by atoms with E-state index in [9.17, 15) is 4.79 Å². The average Bonchev–Trinajstić information content (AvgIpc) is 2.13. The molecule has 2 nitrogen and oxygen atoms in total. The van der Waals surface area contributed by atoms with Gasteiger partial charge in [0.15, 0.2) is 0 Å². The molecule has 0 radical (unpaired) electrons. The number of carbonyl (C=O) groups is 1. The summed E-state index contributed by atoms with van der Waals surface area (Å²) < 4.78 is 0. The van der Waals surface area contributed by atoms with Gasteiger partial charge in [0.1, 0.15) is 5.78 Å². The normalized spacial score (nSPS) is 34.9. The first kappa shape index (κ1) is 6.75. The maximum Gasteiger partial charge on any atom is 0.135 e. The molecular weight excluding hydrogens is 116 g/mol. The van der Waals surface area contributed by atoms with Gasteiger partial charge in [-0.3, -0.25) is 4.79 Å². The Morgan fingerprint density at radius 3 is 2.44 bits per heavy atom. The Morgan fingerprint density at radius 1 is 1.56 bits per heavy atom. The summed E-state index contributed by atoms with van der Waals surface area (Å²) in [5.74, 6) is 0.0880. The van der Waals surface area contributed by atoms with Gasteiger partial charge in [0, 0.05) is 5.92 Å². The Bertz CT molecular complexity index is 120. The lowest BCUT2D eigenvalue weighted by Gasteiger charge is -2.08. The number of carbonyl (C=O) groups excluding carboxylic acids is 1. The van der Waals surface area contributed by atoms with Crippen LogP contribution in [0.15, 0.2) is 0 Å². The minimum Gasteiger partial charge on any atom is -0.392 e. The summed E-state index contributed by atoms with van der Waals surface area (Å²) in [5.41, 5.74) is 0. The molecule has 0 spiro atoms. The molecule has 0 amide bonds. The van der Waals surface area contributed by atoms with Gasteiger partial charge >= 0.3 is 0 Å². The van der Waals surface area contributed by atoms with Crippen molar-refractivity contribution in [3.63, 3.8) is 0 Å². The van der Waals surface area contributed by atoms with Crippen LogP contribution in [-0.2, 0) is 4.79 Å². The van der Waals surface area contributed by atoms with Gasteiger partial charge in [0.25, 0.3) is 0 Å². The highest BCUT2D eigenvalue weighted by molar-refractivity contribution is 5.79. The summed E-state index contributed by atoms with van der Waals surface area (Å²) in [5, 5.41) is 9.14. The van der Waals surface area contributed by atoms with Gasteiger partial charge in [-0.1, -0.05) is 6.42 Å². The number of ketones is 1. The molecule has 1 fully saturated rings. The van der Waals surface area contributed by atoms with E-state index >= 15 is 0 Å². The SMILES string of the molecule is CC(=O)[C@@H]1CCCC1O. The molecule has 0 aromatic rings. The molecule has 0 bridgehead atoms. The van der Waals surface area contributed by atoms with Crippen LogP contribution >= 0.6 is 0 Å². The topological polar surface area (TPSA) is 37.3 Å².